The molecule has 6 nitrogen and oxygen atoms in total. The summed E-state index contributed by atoms with van der Waals surface area (Å²) in [6.07, 6.45) is 8.58. The van der Waals surface area contributed by atoms with E-state index in [4.69, 9.17) is 4.52 Å². The van der Waals surface area contributed by atoms with E-state index in [2.05, 4.69) is 39.4 Å². The second-order valence-corrected chi connectivity index (χ2v) is 7.64. The van der Waals surface area contributed by atoms with Crippen molar-refractivity contribution in [2.45, 2.75) is 38.5 Å². The number of likely N-dealkylation sites (tertiary alicyclic amines) is 1. The van der Waals surface area contributed by atoms with Crippen LogP contribution in [0.3, 0.4) is 0 Å². The Hall–Kier alpha value is -3.02. The number of nitrogens with zero attached hydrogens (tertiary/aromatic N) is 4. The number of benzene rings is 1. The zero-order chi connectivity index (χ0) is 19.9. The molecule has 3 aromatic rings. The van der Waals surface area contributed by atoms with Crippen LogP contribution in [0.15, 0.2) is 59.4 Å². The summed E-state index contributed by atoms with van der Waals surface area (Å²) in [5.74, 6) is 1.89. The van der Waals surface area contributed by atoms with Gasteiger partial charge in [0, 0.05) is 43.9 Å². The van der Waals surface area contributed by atoms with Crippen LogP contribution in [0.1, 0.15) is 37.1 Å². The average molecular weight is 390 g/mol. The lowest BCUT2D eigenvalue weighted by molar-refractivity contribution is -0.133. The van der Waals surface area contributed by atoms with Crippen LogP contribution in [0.2, 0.25) is 0 Å². The van der Waals surface area contributed by atoms with Gasteiger partial charge in [-0.15, -0.1) is 0 Å². The zero-order valence-corrected chi connectivity index (χ0v) is 16.5. The molecule has 1 aliphatic heterocycles. The van der Waals surface area contributed by atoms with Gasteiger partial charge in [0.1, 0.15) is 0 Å². The van der Waals surface area contributed by atoms with Crippen molar-refractivity contribution in [1.29, 1.82) is 0 Å². The molecule has 3 heterocycles. The van der Waals surface area contributed by atoms with Crippen molar-refractivity contribution < 1.29 is 9.32 Å². The fourth-order valence-corrected chi connectivity index (χ4v) is 3.92. The van der Waals surface area contributed by atoms with Crippen molar-refractivity contribution in [2.75, 3.05) is 13.1 Å². The number of rotatable bonds is 7. The number of pyridine rings is 1. The second-order valence-electron chi connectivity index (χ2n) is 7.64. The summed E-state index contributed by atoms with van der Waals surface area (Å²) in [7, 11) is 0. The van der Waals surface area contributed by atoms with Gasteiger partial charge in [0.05, 0.1) is 0 Å². The second kappa shape index (κ2) is 9.45. The van der Waals surface area contributed by atoms with Crippen molar-refractivity contribution in [3.05, 3.63) is 66.3 Å². The average Bonchev–Trinajstić information content (AvgIpc) is 3.24. The van der Waals surface area contributed by atoms with Crippen molar-refractivity contribution in [1.82, 2.24) is 20.0 Å². The molecule has 29 heavy (non-hydrogen) atoms. The van der Waals surface area contributed by atoms with Crippen LogP contribution in [-0.4, -0.2) is 39.0 Å². The Morgan fingerprint density at radius 3 is 2.90 bits per heavy atom. The van der Waals surface area contributed by atoms with Gasteiger partial charge in [-0.2, -0.15) is 4.98 Å². The predicted octanol–water partition coefficient (Wildman–Crippen LogP) is 3.94. The van der Waals surface area contributed by atoms with E-state index in [9.17, 15) is 4.79 Å². The highest BCUT2D eigenvalue weighted by atomic mass is 16.5. The Balaban J connectivity index is 1.24. The molecule has 0 saturated carbocycles. The summed E-state index contributed by atoms with van der Waals surface area (Å²) in [4.78, 5) is 23.2. The van der Waals surface area contributed by atoms with E-state index in [0.29, 0.717) is 36.9 Å². The summed E-state index contributed by atoms with van der Waals surface area (Å²) >= 11 is 0. The maximum atomic E-state index is 12.7. The van der Waals surface area contributed by atoms with Crippen molar-refractivity contribution in [3.63, 3.8) is 0 Å². The highest BCUT2D eigenvalue weighted by molar-refractivity contribution is 5.76. The quantitative estimate of drug-likeness (QED) is 0.611. The van der Waals surface area contributed by atoms with Crippen molar-refractivity contribution >= 4 is 5.91 Å². The highest BCUT2D eigenvalue weighted by Gasteiger charge is 2.23. The fraction of sp³-hybridized carbons (Fsp3) is 0.391. The Bertz CT molecular complexity index is 911. The monoisotopic (exact) mass is 390 g/mol. The van der Waals surface area contributed by atoms with E-state index in [-0.39, 0.29) is 5.91 Å². The summed E-state index contributed by atoms with van der Waals surface area (Å²) in [6, 6.07) is 14.3. The molecule has 0 N–H and O–H groups in total. The van der Waals surface area contributed by atoms with Crippen LogP contribution in [0, 0.1) is 5.92 Å². The normalized spacial score (nSPS) is 16.7. The summed E-state index contributed by atoms with van der Waals surface area (Å²) in [5.41, 5.74) is 2.18. The number of amides is 1. The predicted molar refractivity (Wildman–Crippen MR) is 110 cm³/mol. The number of piperidine rings is 1. The molecule has 1 amide bonds. The van der Waals surface area contributed by atoms with Crippen LogP contribution in [0.5, 0.6) is 0 Å². The van der Waals surface area contributed by atoms with Gasteiger partial charge in [0.2, 0.25) is 17.6 Å². The van der Waals surface area contributed by atoms with Gasteiger partial charge >= 0.3 is 0 Å². The van der Waals surface area contributed by atoms with Gasteiger partial charge in [-0.05, 0) is 49.3 Å². The first-order valence-corrected chi connectivity index (χ1v) is 10.3. The lowest BCUT2D eigenvalue weighted by Gasteiger charge is -2.33. The number of carbonyl (C=O) groups is 1. The molecule has 0 aliphatic carbocycles. The molecule has 1 aliphatic rings. The SMILES string of the molecule is O=C(CCCc1nc(-c2cccnc2)no1)N1CCC[C@@H](Cc2ccccc2)C1. The first-order chi connectivity index (χ1) is 14.3. The third kappa shape index (κ3) is 5.28. The molecule has 0 bridgehead atoms. The number of carbonyl (C=O) groups excluding carboxylic acids is 1. The Labute approximate surface area is 171 Å². The van der Waals surface area contributed by atoms with Crippen molar-refractivity contribution in [2.24, 2.45) is 5.92 Å². The lowest BCUT2D eigenvalue weighted by atomic mass is 9.91. The largest absolute Gasteiger partial charge is 0.342 e. The van der Waals surface area contributed by atoms with Crippen LogP contribution in [-0.2, 0) is 17.6 Å². The topological polar surface area (TPSA) is 72.1 Å². The Morgan fingerprint density at radius 1 is 1.17 bits per heavy atom. The third-order valence-electron chi connectivity index (χ3n) is 5.41. The van der Waals surface area contributed by atoms with Crippen molar-refractivity contribution in [3.8, 4) is 11.4 Å². The summed E-state index contributed by atoms with van der Waals surface area (Å²) < 4.78 is 5.32. The molecule has 4 rings (SSSR count). The molecule has 0 radical (unpaired) electrons. The molecule has 1 saturated heterocycles. The molecular weight excluding hydrogens is 364 g/mol. The van der Waals surface area contributed by atoms with Gasteiger partial charge in [-0.25, -0.2) is 0 Å². The number of aryl methyl sites for hydroxylation is 1. The minimum Gasteiger partial charge on any atom is -0.342 e. The van der Waals surface area contributed by atoms with E-state index in [1.807, 2.05) is 23.1 Å². The summed E-state index contributed by atoms with van der Waals surface area (Å²) in [6.45, 7) is 1.73. The van der Waals surface area contributed by atoms with Gasteiger partial charge in [0.15, 0.2) is 0 Å². The maximum Gasteiger partial charge on any atom is 0.226 e. The molecule has 2 aromatic heterocycles. The highest BCUT2D eigenvalue weighted by Crippen LogP contribution is 2.22. The minimum atomic E-state index is 0.231. The van der Waals surface area contributed by atoms with Crippen LogP contribution >= 0.6 is 0 Å². The standard InChI is InChI=1S/C23H26N4O2/c28-22(27-14-6-9-19(17-27)15-18-7-2-1-3-8-18)12-4-11-21-25-23(26-29-21)20-10-5-13-24-16-20/h1-3,5,7-8,10,13,16,19H,4,6,9,11-12,14-15,17H2/t19-/m0/s1. The number of aromatic nitrogens is 3. The Kier molecular flexibility index (Phi) is 6.29. The van der Waals surface area contributed by atoms with Gasteiger partial charge in [0.25, 0.3) is 0 Å². The number of hydrogen-bond acceptors (Lipinski definition) is 5. The summed E-state index contributed by atoms with van der Waals surface area (Å²) in [5, 5.41) is 4.00. The van der Waals surface area contributed by atoms with Crippen LogP contribution < -0.4 is 0 Å². The zero-order valence-electron chi connectivity index (χ0n) is 16.5. The molecule has 1 atom stereocenters. The smallest absolute Gasteiger partial charge is 0.226 e. The molecule has 0 spiro atoms. The first-order valence-electron chi connectivity index (χ1n) is 10.3. The molecular formula is C23H26N4O2. The minimum absolute atomic E-state index is 0.231. The molecule has 150 valence electrons. The number of hydrogen-bond donors (Lipinski definition) is 0. The first kappa shape index (κ1) is 19.3. The van der Waals surface area contributed by atoms with Gasteiger partial charge < -0.3 is 9.42 Å². The fourth-order valence-electron chi connectivity index (χ4n) is 3.92. The van der Waals surface area contributed by atoms with Crippen LogP contribution in [0.25, 0.3) is 11.4 Å². The Morgan fingerprint density at radius 2 is 2.07 bits per heavy atom. The van der Waals surface area contributed by atoms with E-state index >= 15 is 0 Å². The lowest BCUT2D eigenvalue weighted by Crippen LogP contribution is -2.40. The molecule has 1 fully saturated rings. The van der Waals surface area contributed by atoms with E-state index in [1.54, 1.807) is 12.4 Å². The van der Waals surface area contributed by atoms with E-state index in [1.165, 1.54) is 12.0 Å². The molecule has 1 aromatic carbocycles. The molecule has 0 unspecified atom stereocenters. The maximum absolute atomic E-state index is 12.7. The van der Waals surface area contributed by atoms with E-state index in [0.717, 1.165) is 31.5 Å². The molecule has 6 heteroatoms. The van der Waals surface area contributed by atoms with Gasteiger partial charge in [-0.1, -0.05) is 35.5 Å². The van der Waals surface area contributed by atoms with Gasteiger partial charge in [-0.3, -0.25) is 9.78 Å². The third-order valence-corrected chi connectivity index (χ3v) is 5.41. The van der Waals surface area contributed by atoms with Crippen LogP contribution in [0.4, 0.5) is 0 Å². The van der Waals surface area contributed by atoms with E-state index < -0.39 is 0 Å².